The molecule has 0 radical (unpaired) electrons. The van der Waals surface area contributed by atoms with Gasteiger partial charge in [0.2, 0.25) is 15.9 Å². The second-order valence-electron chi connectivity index (χ2n) is 4.11. The Morgan fingerprint density at radius 3 is 2.86 bits per heavy atom. The molecule has 0 aliphatic carbocycles. The molecule has 0 saturated carbocycles. The SMILES string of the molecule is CCc1cnc(CNS(=O)(=O)c2cccnc2C(N)=S)o1. The smallest absolute Gasteiger partial charge is 0.243 e. The topological polar surface area (TPSA) is 111 Å². The minimum Gasteiger partial charge on any atom is -0.444 e. The fraction of sp³-hybridized carbons (Fsp3) is 0.250. The fourth-order valence-electron chi connectivity index (χ4n) is 1.62. The van der Waals surface area contributed by atoms with Crippen molar-refractivity contribution in [1.29, 1.82) is 0 Å². The molecule has 21 heavy (non-hydrogen) atoms. The summed E-state index contributed by atoms with van der Waals surface area (Å²) in [5.74, 6) is 0.977. The van der Waals surface area contributed by atoms with Crippen LogP contribution < -0.4 is 10.5 Å². The predicted octanol–water partition coefficient (Wildman–Crippen LogP) is 0.745. The van der Waals surface area contributed by atoms with Crippen molar-refractivity contribution in [3.8, 4) is 0 Å². The number of nitrogens with one attached hydrogen (secondary N) is 1. The van der Waals surface area contributed by atoms with Crippen molar-refractivity contribution in [2.24, 2.45) is 5.73 Å². The lowest BCUT2D eigenvalue weighted by Crippen LogP contribution is -2.27. The third-order valence-electron chi connectivity index (χ3n) is 2.66. The maximum Gasteiger partial charge on any atom is 0.243 e. The first-order valence-electron chi connectivity index (χ1n) is 6.12. The highest BCUT2D eigenvalue weighted by atomic mass is 32.2. The molecule has 2 rings (SSSR count). The lowest BCUT2D eigenvalue weighted by atomic mass is 10.3. The molecule has 0 aliphatic heterocycles. The number of nitrogens with two attached hydrogens (primary N) is 1. The molecule has 0 aliphatic rings. The van der Waals surface area contributed by atoms with E-state index in [2.05, 4.69) is 14.7 Å². The molecule has 0 unspecified atom stereocenters. The average Bonchev–Trinajstić information content (AvgIpc) is 2.93. The lowest BCUT2D eigenvalue weighted by Gasteiger charge is -2.08. The number of rotatable bonds is 6. The summed E-state index contributed by atoms with van der Waals surface area (Å²) in [7, 11) is -3.81. The summed E-state index contributed by atoms with van der Waals surface area (Å²) in [6.45, 7) is 1.85. The van der Waals surface area contributed by atoms with Gasteiger partial charge in [0, 0.05) is 12.6 Å². The van der Waals surface area contributed by atoms with Gasteiger partial charge in [-0.2, -0.15) is 0 Å². The van der Waals surface area contributed by atoms with Crippen LogP contribution in [0.5, 0.6) is 0 Å². The highest BCUT2D eigenvalue weighted by Crippen LogP contribution is 2.13. The van der Waals surface area contributed by atoms with E-state index in [9.17, 15) is 8.42 Å². The molecule has 0 fully saturated rings. The van der Waals surface area contributed by atoms with Crippen LogP contribution in [0.4, 0.5) is 0 Å². The predicted molar refractivity (Wildman–Crippen MR) is 80.0 cm³/mol. The van der Waals surface area contributed by atoms with Gasteiger partial charge in [-0.05, 0) is 12.1 Å². The molecule has 0 bridgehead atoms. The number of hydrogen-bond acceptors (Lipinski definition) is 6. The van der Waals surface area contributed by atoms with E-state index in [4.69, 9.17) is 22.4 Å². The van der Waals surface area contributed by atoms with E-state index in [0.29, 0.717) is 12.2 Å². The van der Waals surface area contributed by atoms with E-state index in [1.807, 2.05) is 6.92 Å². The van der Waals surface area contributed by atoms with Gasteiger partial charge in [-0.3, -0.25) is 4.98 Å². The highest BCUT2D eigenvalue weighted by molar-refractivity contribution is 7.89. The van der Waals surface area contributed by atoms with E-state index in [1.54, 1.807) is 6.20 Å². The van der Waals surface area contributed by atoms with Gasteiger partial charge in [0.15, 0.2) is 0 Å². The Morgan fingerprint density at radius 1 is 1.48 bits per heavy atom. The number of thiocarbonyl (C=S) groups is 1. The van der Waals surface area contributed by atoms with Gasteiger partial charge in [-0.15, -0.1) is 0 Å². The summed E-state index contributed by atoms with van der Waals surface area (Å²) in [5, 5.41) is 0. The molecule has 112 valence electrons. The normalized spacial score (nSPS) is 11.5. The molecular formula is C12H14N4O3S2. The number of oxazole rings is 1. The zero-order chi connectivity index (χ0) is 15.5. The van der Waals surface area contributed by atoms with E-state index in [0.717, 1.165) is 0 Å². The fourth-order valence-corrected chi connectivity index (χ4v) is 2.99. The minimum absolute atomic E-state index is 0.0571. The van der Waals surface area contributed by atoms with Gasteiger partial charge in [0.1, 0.15) is 21.3 Å². The number of sulfonamides is 1. The molecule has 2 heterocycles. The van der Waals surface area contributed by atoms with E-state index >= 15 is 0 Å². The molecule has 9 heteroatoms. The number of pyridine rings is 1. The summed E-state index contributed by atoms with van der Waals surface area (Å²) < 4.78 is 32.3. The first-order chi connectivity index (χ1) is 9.94. The van der Waals surface area contributed by atoms with Gasteiger partial charge in [0.05, 0.1) is 12.7 Å². The van der Waals surface area contributed by atoms with Crippen molar-refractivity contribution in [3.63, 3.8) is 0 Å². The van der Waals surface area contributed by atoms with Crippen molar-refractivity contribution in [2.45, 2.75) is 24.8 Å². The first-order valence-corrected chi connectivity index (χ1v) is 8.01. The standard InChI is InChI=1S/C12H14N4O3S2/c1-2-8-6-15-10(19-8)7-16-21(17,18)9-4-3-5-14-11(9)12(13)20/h3-6,16H,2,7H2,1H3,(H2,13,20). The number of nitrogens with zero attached hydrogens (tertiary/aromatic N) is 2. The molecule has 0 spiro atoms. The first kappa shape index (κ1) is 15.5. The maximum absolute atomic E-state index is 12.3. The van der Waals surface area contributed by atoms with Crippen molar-refractivity contribution >= 4 is 27.2 Å². The third-order valence-corrected chi connectivity index (χ3v) is 4.28. The lowest BCUT2D eigenvalue weighted by molar-refractivity contribution is 0.452. The monoisotopic (exact) mass is 326 g/mol. The molecule has 0 atom stereocenters. The van der Waals surface area contributed by atoms with Gasteiger partial charge in [0.25, 0.3) is 0 Å². The van der Waals surface area contributed by atoms with Crippen molar-refractivity contribution in [1.82, 2.24) is 14.7 Å². The minimum atomic E-state index is -3.81. The summed E-state index contributed by atoms with van der Waals surface area (Å²) in [5.41, 5.74) is 5.54. The van der Waals surface area contributed by atoms with Crippen LogP contribution >= 0.6 is 12.2 Å². The van der Waals surface area contributed by atoms with Gasteiger partial charge in [-0.1, -0.05) is 19.1 Å². The average molecular weight is 326 g/mol. The molecular weight excluding hydrogens is 312 g/mol. The Morgan fingerprint density at radius 2 is 2.24 bits per heavy atom. The summed E-state index contributed by atoms with van der Waals surface area (Å²) in [6, 6.07) is 2.88. The van der Waals surface area contributed by atoms with Crippen molar-refractivity contribution in [2.75, 3.05) is 0 Å². The highest BCUT2D eigenvalue weighted by Gasteiger charge is 2.21. The Bertz CT molecular complexity index is 755. The van der Waals surface area contributed by atoms with Crippen LogP contribution in [-0.4, -0.2) is 23.4 Å². The maximum atomic E-state index is 12.3. The van der Waals surface area contributed by atoms with Crippen LogP contribution in [0.2, 0.25) is 0 Å². The van der Waals surface area contributed by atoms with E-state index in [-0.39, 0.29) is 28.0 Å². The largest absolute Gasteiger partial charge is 0.444 e. The number of hydrogen-bond donors (Lipinski definition) is 2. The zero-order valence-electron chi connectivity index (χ0n) is 11.2. The Hall–Kier alpha value is -1.84. The van der Waals surface area contributed by atoms with Crippen LogP contribution in [0.25, 0.3) is 0 Å². The number of aryl methyl sites for hydroxylation is 1. The summed E-state index contributed by atoms with van der Waals surface area (Å²) >= 11 is 4.81. The summed E-state index contributed by atoms with van der Waals surface area (Å²) in [6.07, 6.45) is 3.68. The molecule has 0 saturated heterocycles. The van der Waals surface area contributed by atoms with Crippen LogP contribution in [-0.2, 0) is 23.0 Å². The van der Waals surface area contributed by atoms with Crippen molar-refractivity contribution in [3.05, 3.63) is 41.9 Å². The second-order valence-corrected chi connectivity index (χ2v) is 6.29. The Kier molecular flexibility index (Phi) is 4.66. The Balaban J connectivity index is 2.21. The molecule has 2 aromatic heterocycles. The third kappa shape index (κ3) is 3.63. The molecule has 0 amide bonds. The van der Waals surface area contributed by atoms with Gasteiger partial charge < -0.3 is 10.2 Å². The molecule has 0 aromatic carbocycles. The van der Waals surface area contributed by atoms with Crippen LogP contribution in [0.15, 0.2) is 33.8 Å². The van der Waals surface area contributed by atoms with Crippen LogP contribution in [0.1, 0.15) is 24.3 Å². The van der Waals surface area contributed by atoms with Crippen LogP contribution in [0, 0.1) is 0 Å². The summed E-state index contributed by atoms with van der Waals surface area (Å²) in [4.78, 5) is 7.72. The zero-order valence-corrected chi connectivity index (χ0v) is 12.9. The van der Waals surface area contributed by atoms with E-state index < -0.39 is 10.0 Å². The van der Waals surface area contributed by atoms with Crippen LogP contribution in [0.3, 0.4) is 0 Å². The quantitative estimate of drug-likeness (QED) is 0.753. The van der Waals surface area contributed by atoms with Gasteiger partial charge in [-0.25, -0.2) is 18.1 Å². The molecule has 7 nitrogen and oxygen atoms in total. The molecule has 2 aromatic rings. The van der Waals surface area contributed by atoms with Crippen molar-refractivity contribution < 1.29 is 12.8 Å². The van der Waals surface area contributed by atoms with Gasteiger partial charge >= 0.3 is 0 Å². The van der Waals surface area contributed by atoms with E-state index in [1.165, 1.54) is 18.3 Å². The number of aromatic nitrogens is 2. The Labute approximate surface area is 127 Å². The second kappa shape index (κ2) is 6.29. The molecule has 3 N–H and O–H groups in total.